The number of anilines is 1. The van der Waals surface area contributed by atoms with Gasteiger partial charge in [0.15, 0.2) is 11.1 Å². The molecule has 182 valence electrons. The number of hydrogen-bond acceptors (Lipinski definition) is 5. The number of alkyl halides is 2. The van der Waals surface area contributed by atoms with Gasteiger partial charge in [-0.25, -0.2) is 22.5 Å². The number of nitrogen functional groups attached to an aromatic ring is 1. The second-order valence-corrected chi connectivity index (χ2v) is 9.50. The molecule has 0 radical (unpaired) electrons. The Hall–Kier alpha value is -3.40. The highest BCUT2D eigenvalue weighted by Crippen LogP contribution is 2.41. The smallest absolute Gasteiger partial charge is 0.281 e. The Labute approximate surface area is 196 Å². The van der Waals surface area contributed by atoms with E-state index in [4.69, 9.17) is 10.2 Å². The molecule has 0 unspecified atom stereocenters. The van der Waals surface area contributed by atoms with Gasteiger partial charge >= 0.3 is 0 Å². The average molecular weight is 486 g/mol. The van der Waals surface area contributed by atoms with E-state index < -0.39 is 17.6 Å². The van der Waals surface area contributed by atoms with Gasteiger partial charge in [0.2, 0.25) is 5.89 Å². The van der Waals surface area contributed by atoms with E-state index in [1.807, 2.05) is 0 Å². The quantitative estimate of drug-likeness (QED) is 0.319. The van der Waals surface area contributed by atoms with Crippen molar-refractivity contribution in [1.82, 2.24) is 14.5 Å². The van der Waals surface area contributed by atoms with E-state index in [0.29, 0.717) is 22.0 Å². The number of rotatable bonds is 4. The number of pyridine rings is 1. The summed E-state index contributed by atoms with van der Waals surface area (Å²) < 4.78 is 63.8. The van der Waals surface area contributed by atoms with Crippen LogP contribution in [0.1, 0.15) is 36.8 Å². The number of likely N-dealkylation sites (tertiary alicyclic amines) is 1. The minimum Gasteiger partial charge on any atom is -0.438 e. The van der Waals surface area contributed by atoms with Crippen molar-refractivity contribution in [3.63, 3.8) is 0 Å². The third kappa shape index (κ3) is 3.58. The highest BCUT2D eigenvalue weighted by molar-refractivity contribution is 6.04. The molecule has 2 aliphatic rings. The van der Waals surface area contributed by atoms with Crippen LogP contribution in [0.5, 0.6) is 0 Å². The fourth-order valence-electron chi connectivity index (χ4n) is 5.04. The van der Waals surface area contributed by atoms with Gasteiger partial charge in [0.05, 0.1) is 24.3 Å². The lowest BCUT2D eigenvalue weighted by Gasteiger charge is -2.16. The minimum atomic E-state index is -2.75. The van der Waals surface area contributed by atoms with Crippen molar-refractivity contribution in [3.05, 3.63) is 57.7 Å². The summed E-state index contributed by atoms with van der Waals surface area (Å²) in [6.07, 6.45) is 1.39. The van der Waals surface area contributed by atoms with Gasteiger partial charge in [-0.05, 0) is 43.0 Å². The maximum absolute atomic E-state index is 14.7. The van der Waals surface area contributed by atoms with Crippen LogP contribution in [0.4, 0.5) is 23.2 Å². The van der Waals surface area contributed by atoms with Gasteiger partial charge in [-0.3, -0.25) is 9.69 Å². The molecule has 4 aromatic rings. The van der Waals surface area contributed by atoms with Crippen LogP contribution in [-0.4, -0.2) is 33.5 Å². The van der Waals surface area contributed by atoms with Gasteiger partial charge in [0.1, 0.15) is 11.6 Å². The first kappa shape index (κ1) is 22.1. The van der Waals surface area contributed by atoms with Gasteiger partial charge in [-0.2, -0.15) is 0 Å². The molecule has 2 aromatic carbocycles. The zero-order valence-corrected chi connectivity index (χ0v) is 18.9. The minimum absolute atomic E-state index is 0.0335. The van der Waals surface area contributed by atoms with E-state index in [9.17, 15) is 22.4 Å². The van der Waals surface area contributed by atoms with Gasteiger partial charge < -0.3 is 14.7 Å². The second kappa shape index (κ2) is 7.55. The summed E-state index contributed by atoms with van der Waals surface area (Å²) in [5, 5.41) is 0.606. The van der Waals surface area contributed by atoms with Crippen LogP contribution in [0, 0.1) is 18.6 Å². The first-order valence-corrected chi connectivity index (χ1v) is 11.5. The summed E-state index contributed by atoms with van der Waals surface area (Å²) in [4.78, 5) is 19.4. The standard InChI is InChI=1S/C25H22F4N4O2/c1-12-14(16-8-18(27)19(30)9-17(16)26)4-5-15-22(12)33(13-2-3-13)24(34)21-23(15)35-20(31-21)10-32-7-6-25(28,29)11-32/h4-5,8-9,13H,2-3,6-7,10-11,30H2,1H3. The summed E-state index contributed by atoms with van der Waals surface area (Å²) in [6, 6.07) is 5.31. The molecule has 1 saturated heterocycles. The van der Waals surface area contributed by atoms with E-state index in [-0.39, 0.29) is 65.9 Å². The fraction of sp³-hybridized carbons (Fsp3) is 0.360. The summed E-state index contributed by atoms with van der Waals surface area (Å²) in [5.41, 5.74) is 6.90. The topological polar surface area (TPSA) is 77.3 Å². The molecule has 0 bridgehead atoms. The number of aromatic nitrogens is 2. The fourth-order valence-corrected chi connectivity index (χ4v) is 5.04. The molecule has 0 atom stereocenters. The summed E-state index contributed by atoms with van der Waals surface area (Å²) in [5.74, 6) is -3.96. The van der Waals surface area contributed by atoms with E-state index in [1.165, 1.54) is 0 Å². The Morgan fingerprint density at radius 3 is 2.63 bits per heavy atom. The average Bonchev–Trinajstić information content (AvgIpc) is 3.44. The zero-order chi connectivity index (χ0) is 24.6. The summed E-state index contributed by atoms with van der Waals surface area (Å²) in [7, 11) is 0. The Morgan fingerprint density at radius 1 is 1.17 bits per heavy atom. The molecule has 0 amide bonds. The highest BCUT2D eigenvalue weighted by atomic mass is 19.3. The SMILES string of the molecule is Cc1c(-c2cc(F)c(N)cc2F)ccc2c3oc(CN4CCC(F)(F)C4)nc3c(=O)n(C3CC3)c12. The van der Waals surface area contributed by atoms with Crippen molar-refractivity contribution < 1.29 is 22.0 Å². The molecule has 1 aliphatic carbocycles. The van der Waals surface area contributed by atoms with E-state index in [2.05, 4.69) is 4.98 Å². The number of hydrogen-bond donors (Lipinski definition) is 1. The lowest BCUT2D eigenvalue weighted by molar-refractivity contribution is 0.0109. The van der Waals surface area contributed by atoms with Gasteiger partial charge in [0, 0.05) is 36.0 Å². The van der Waals surface area contributed by atoms with Gasteiger partial charge in [-0.15, -0.1) is 0 Å². The van der Waals surface area contributed by atoms with Crippen LogP contribution in [-0.2, 0) is 6.54 Å². The van der Waals surface area contributed by atoms with Crippen molar-refractivity contribution in [1.29, 1.82) is 0 Å². The number of nitrogens with zero attached hydrogens (tertiary/aromatic N) is 3. The summed E-state index contributed by atoms with van der Waals surface area (Å²) >= 11 is 0. The van der Waals surface area contributed by atoms with Crippen LogP contribution in [0.25, 0.3) is 33.1 Å². The molecule has 3 heterocycles. The molecule has 35 heavy (non-hydrogen) atoms. The normalized spacial score (nSPS) is 18.2. The van der Waals surface area contributed by atoms with Crippen molar-refractivity contribution in [2.45, 2.75) is 44.7 Å². The van der Waals surface area contributed by atoms with E-state index >= 15 is 0 Å². The molecule has 0 spiro atoms. The Kier molecular flexibility index (Phi) is 4.76. The molecule has 2 aromatic heterocycles. The number of fused-ring (bicyclic) bond motifs is 3. The Balaban J connectivity index is 1.55. The van der Waals surface area contributed by atoms with Crippen LogP contribution in [0.2, 0.25) is 0 Å². The number of halogens is 4. The molecule has 2 fully saturated rings. The maximum Gasteiger partial charge on any atom is 0.281 e. The van der Waals surface area contributed by atoms with Crippen LogP contribution >= 0.6 is 0 Å². The summed E-state index contributed by atoms with van der Waals surface area (Å²) in [6.45, 7) is 1.65. The number of nitrogens with two attached hydrogens (primary N) is 1. The van der Waals surface area contributed by atoms with Crippen molar-refractivity contribution in [3.8, 4) is 11.1 Å². The Bertz CT molecular complexity index is 1570. The van der Waals surface area contributed by atoms with Crippen LogP contribution in [0.3, 0.4) is 0 Å². The maximum atomic E-state index is 14.7. The second-order valence-electron chi connectivity index (χ2n) is 9.50. The molecule has 10 heteroatoms. The molecule has 1 aliphatic heterocycles. The van der Waals surface area contributed by atoms with Crippen molar-refractivity contribution >= 4 is 27.7 Å². The molecular weight excluding hydrogens is 464 g/mol. The monoisotopic (exact) mass is 486 g/mol. The van der Waals surface area contributed by atoms with Gasteiger partial charge in [0.25, 0.3) is 11.5 Å². The molecule has 1 saturated carbocycles. The lowest BCUT2D eigenvalue weighted by Crippen LogP contribution is -2.25. The van der Waals surface area contributed by atoms with Crippen LogP contribution < -0.4 is 11.3 Å². The predicted molar refractivity (Wildman–Crippen MR) is 123 cm³/mol. The third-order valence-corrected chi connectivity index (χ3v) is 6.91. The first-order valence-electron chi connectivity index (χ1n) is 11.5. The van der Waals surface area contributed by atoms with Crippen molar-refractivity contribution in [2.75, 3.05) is 18.8 Å². The van der Waals surface area contributed by atoms with E-state index in [0.717, 1.165) is 25.0 Å². The van der Waals surface area contributed by atoms with Gasteiger partial charge in [-0.1, -0.05) is 6.07 Å². The lowest BCUT2D eigenvalue weighted by atomic mass is 9.96. The predicted octanol–water partition coefficient (Wildman–Crippen LogP) is 5.15. The number of aryl methyl sites for hydroxylation is 1. The molecule has 2 N–H and O–H groups in total. The van der Waals surface area contributed by atoms with E-state index in [1.54, 1.807) is 28.5 Å². The largest absolute Gasteiger partial charge is 0.438 e. The number of oxazole rings is 1. The first-order chi connectivity index (χ1) is 16.6. The molecule has 6 nitrogen and oxygen atoms in total. The molecule has 6 rings (SSSR count). The zero-order valence-electron chi connectivity index (χ0n) is 18.9. The number of benzene rings is 2. The third-order valence-electron chi connectivity index (χ3n) is 6.91. The molecular formula is C25H22F4N4O2. The van der Waals surface area contributed by atoms with Crippen LogP contribution in [0.15, 0.2) is 33.5 Å². The van der Waals surface area contributed by atoms with Crippen molar-refractivity contribution in [2.24, 2.45) is 0 Å². The Morgan fingerprint density at radius 2 is 1.94 bits per heavy atom. The highest BCUT2D eigenvalue weighted by Gasteiger charge is 2.38.